The topological polar surface area (TPSA) is 64.4 Å². The number of oxazole rings is 1. The fraction of sp³-hybridized carbons (Fsp3) is 0.636. The van der Waals surface area contributed by atoms with E-state index in [1.54, 1.807) is 13.2 Å². The molecule has 0 bridgehead atoms. The smallest absolute Gasteiger partial charge is 0.408 e. The van der Waals surface area contributed by atoms with Gasteiger partial charge in [-0.1, -0.05) is 22.6 Å². The Labute approximate surface area is 114 Å². The molecule has 0 aromatic carbocycles. The molecule has 0 saturated heterocycles. The summed E-state index contributed by atoms with van der Waals surface area (Å²) in [5.74, 6) is 0.488. The fourth-order valence-electron chi connectivity index (χ4n) is 1.13. The molecule has 0 radical (unpaired) electrons. The molecule has 1 unspecified atom stereocenters. The summed E-state index contributed by atoms with van der Waals surface area (Å²) in [6.07, 6.45) is 1.12. The molecular formula is C11H17IN2O3. The Balaban J connectivity index is 2.54. The lowest BCUT2D eigenvalue weighted by atomic mass is 10.2. The number of ether oxygens (including phenoxy) is 1. The minimum absolute atomic E-state index is 0.304. The number of aromatic nitrogens is 1. The molecule has 0 aliphatic rings. The number of carbonyl (C=O) groups excluding carboxylic acids is 1. The van der Waals surface area contributed by atoms with Gasteiger partial charge in [0.05, 0.1) is 5.69 Å². The average molecular weight is 352 g/mol. The summed E-state index contributed by atoms with van der Waals surface area (Å²) < 4.78 is 11.2. The van der Waals surface area contributed by atoms with E-state index in [-0.39, 0.29) is 6.04 Å². The Morgan fingerprint density at radius 1 is 1.65 bits per heavy atom. The van der Waals surface area contributed by atoms with Crippen LogP contribution in [0.25, 0.3) is 0 Å². The monoisotopic (exact) mass is 352 g/mol. The molecule has 17 heavy (non-hydrogen) atoms. The van der Waals surface area contributed by atoms with Gasteiger partial charge in [-0.05, 0) is 27.7 Å². The summed E-state index contributed by atoms with van der Waals surface area (Å²) in [7, 11) is 0. The highest BCUT2D eigenvalue weighted by Gasteiger charge is 2.20. The SMILES string of the molecule is CC(NC(=O)OC(C)(C)C)c1nc(CI)co1. The van der Waals surface area contributed by atoms with E-state index in [1.165, 1.54) is 0 Å². The van der Waals surface area contributed by atoms with Gasteiger partial charge in [-0.3, -0.25) is 0 Å². The zero-order chi connectivity index (χ0) is 13.1. The highest BCUT2D eigenvalue weighted by atomic mass is 127. The van der Waals surface area contributed by atoms with Crippen molar-refractivity contribution in [3.8, 4) is 0 Å². The number of nitrogens with zero attached hydrogens (tertiary/aromatic N) is 1. The molecule has 0 saturated carbocycles. The summed E-state index contributed by atoms with van der Waals surface area (Å²) in [6.45, 7) is 7.25. The van der Waals surface area contributed by atoms with Crippen molar-refractivity contribution < 1.29 is 13.9 Å². The molecule has 5 nitrogen and oxygen atoms in total. The lowest BCUT2D eigenvalue weighted by molar-refractivity contribution is 0.0501. The second-order valence-corrected chi connectivity index (χ2v) is 5.44. The Morgan fingerprint density at radius 3 is 2.76 bits per heavy atom. The van der Waals surface area contributed by atoms with Gasteiger partial charge < -0.3 is 14.5 Å². The molecule has 1 amide bonds. The average Bonchev–Trinajstić information content (AvgIpc) is 2.62. The molecule has 0 spiro atoms. The van der Waals surface area contributed by atoms with Crippen LogP contribution in [0.3, 0.4) is 0 Å². The van der Waals surface area contributed by atoms with Gasteiger partial charge >= 0.3 is 6.09 Å². The number of carbonyl (C=O) groups is 1. The van der Waals surface area contributed by atoms with Gasteiger partial charge in [-0.2, -0.15) is 0 Å². The third-order valence-corrected chi connectivity index (χ3v) is 2.59. The van der Waals surface area contributed by atoms with Crippen LogP contribution < -0.4 is 5.32 Å². The molecule has 1 heterocycles. The van der Waals surface area contributed by atoms with Gasteiger partial charge in [0.25, 0.3) is 0 Å². The molecule has 1 N–H and O–H groups in total. The standard InChI is InChI=1S/C11H17IN2O3/c1-7(9-14-8(5-12)6-16-9)13-10(15)17-11(2,3)4/h6-7H,5H2,1-4H3,(H,13,15). The van der Waals surface area contributed by atoms with E-state index in [4.69, 9.17) is 9.15 Å². The van der Waals surface area contributed by atoms with Crippen LogP contribution in [0.15, 0.2) is 10.7 Å². The van der Waals surface area contributed by atoms with Crippen LogP contribution in [-0.4, -0.2) is 16.7 Å². The zero-order valence-corrected chi connectivity index (χ0v) is 12.6. The van der Waals surface area contributed by atoms with Gasteiger partial charge in [-0.15, -0.1) is 0 Å². The van der Waals surface area contributed by atoms with Crippen LogP contribution in [0, 0.1) is 0 Å². The number of hydrogen-bond acceptors (Lipinski definition) is 4. The molecular weight excluding hydrogens is 335 g/mol. The number of alkyl halides is 1. The van der Waals surface area contributed by atoms with E-state index in [0.717, 1.165) is 10.1 Å². The maximum absolute atomic E-state index is 11.5. The zero-order valence-electron chi connectivity index (χ0n) is 10.4. The molecule has 0 aliphatic heterocycles. The van der Waals surface area contributed by atoms with Crippen molar-refractivity contribution in [1.29, 1.82) is 0 Å². The molecule has 0 fully saturated rings. The van der Waals surface area contributed by atoms with Crippen LogP contribution in [0.5, 0.6) is 0 Å². The van der Waals surface area contributed by atoms with Gasteiger partial charge in [-0.25, -0.2) is 9.78 Å². The maximum atomic E-state index is 11.5. The fourth-order valence-corrected chi connectivity index (χ4v) is 1.48. The highest BCUT2D eigenvalue weighted by Crippen LogP contribution is 2.15. The molecule has 0 aliphatic carbocycles. The number of halogens is 1. The van der Waals surface area contributed by atoms with Crippen molar-refractivity contribution in [2.75, 3.05) is 0 Å². The minimum Gasteiger partial charge on any atom is -0.446 e. The van der Waals surface area contributed by atoms with E-state index in [2.05, 4.69) is 32.9 Å². The summed E-state index contributed by atoms with van der Waals surface area (Å²) >= 11 is 2.20. The van der Waals surface area contributed by atoms with E-state index in [0.29, 0.717) is 5.89 Å². The maximum Gasteiger partial charge on any atom is 0.408 e. The van der Waals surface area contributed by atoms with Crippen LogP contribution in [0.4, 0.5) is 4.79 Å². The van der Waals surface area contributed by atoms with Crippen molar-refractivity contribution in [1.82, 2.24) is 10.3 Å². The Kier molecular flexibility index (Phi) is 4.79. The lowest BCUT2D eigenvalue weighted by Gasteiger charge is -2.20. The minimum atomic E-state index is -0.506. The summed E-state index contributed by atoms with van der Waals surface area (Å²) in [5.41, 5.74) is 0.353. The largest absolute Gasteiger partial charge is 0.446 e. The third kappa shape index (κ3) is 4.93. The van der Waals surface area contributed by atoms with Gasteiger partial charge in [0.15, 0.2) is 0 Å². The molecule has 1 aromatic rings. The van der Waals surface area contributed by atoms with Crippen molar-refractivity contribution in [2.45, 2.75) is 43.8 Å². The van der Waals surface area contributed by atoms with Crippen LogP contribution >= 0.6 is 22.6 Å². The number of rotatable bonds is 3. The third-order valence-electron chi connectivity index (χ3n) is 1.81. The highest BCUT2D eigenvalue weighted by molar-refractivity contribution is 14.1. The van der Waals surface area contributed by atoms with E-state index in [9.17, 15) is 4.79 Å². The molecule has 1 atom stereocenters. The van der Waals surface area contributed by atoms with Gasteiger partial charge in [0, 0.05) is 4.43 Å². The number of alkyl carbamates (subject to hydrolysis) is 1. The first-order chi connectivity index (χ1) is 7.81. The second kappa shape index (κ2) is 5.70. The molecule has 1 aromatic heterocycles. The predicted octanol–water partition coefficient (Wildman–Crippen LogP) is 3.20. The predicted molar refractivity (Wildman–Crippen MR) is 72.0 cm³/mol. The first kappa shape index (κ1) is 14.3. The number of nitrogens with one attached hydrogen (secondary N) is 1. The van der Waals surface area contributed by atoms with Crippen LogP contribution in [0.1, 0.15) is 45.3 Å². The van der Waals surface area contributed by atoms with Crippen molar-refractivity contribution >= 4 is 28.7 Å². The van der Waals surface area contributed by atoms with Crippen LogP contribution in [0.2, 0.25) is 0 Å². The number of hydrogen-bond donors (Lipinski definition) is 1. The Morgan fingerprint density at radius 2 is 2.29 bits per heavy atom. The quantitative estimate of drug-likeness (QED) is 0.670. The van der Waals surface area contributed by atoms with Crippen molar-refractivity contribution in [2.24, 2.45) is 0 Å². The van der Waals surface area contributed by atoms with E-state index < -0.39 is 11.7 Å². The first-order valence-electron chi connectivity index (χ1n) is 5.31. The van der Waals surface area contributed by atoms with Crippen molar-refractivity contribution in [3.63, 3.8) is 0 Å². The lowest BCUT2D eigenvalue weighted by Crippen LogP contribution is -2.34. The first-order valence-corrected chi connectivity index (χ1v) is 6.84. The summed E-state index contributed by atoms with van der Waals surface area (Å²) in [4.78, 5) is 15.7. The summed E-state index contributed by atoms with van der Waals surface area (Å²) in [5, 5.41) is 2.67. The van der Waals surface area contributed by atoms with Gasteiger partial charge in [0.2, 0.25) is 5.89 Å². The van der Waals surface area contributed by atoms with Crippen LogP contribution in [-0.2, 0) is 9.16 Å². The molecule has 6 heteroatoms. The Hall–Kier alpha value is -0.790. The molecule has 1 rings (SSSR count). The van der Waals surface area contributed by atoms with Crippen molar-refractivity contribution in [3.05, 3.63) is 17.8 Å². The molecule has 96 valence electrons. The number of amides is 1. The summed E-state index contributed by atoms with van der Waals surface area (Å²) in [6, 6.07) is -0.304. The normalized spacial score (nSPS) is 13.2. The van der Waals surface area contributed by atoms with Gasteiger partial charge in [0.1, 0.15) is 17.9 Å². The van der Waals surface area contributed by atoms with E-state index in [1.807, 2.05) is 20.8 Å². The Bertz CT molecular complexity index is 384. The second-order valence-electron chi connectivity index (χ2n) is 4.68. The van der Waals surface area contributed by atoms with E-state index >= 15 is 0 Å².